The first kappa shape index (κ1) is 22.3. The lowest BCUT2D eigenvalue weighted by Crippen LogP contribution is -2.48. The molecule has 2 aromatic carbocycles. The van der Waals surface area contributed by atoms with Crippen molar-refractivity contribution in [2.45, 2.75) is 19.4 Å². The number of H-pyrrole nitrogens is 1. The zero-order valence-corrected chi connectivity index (χ0v) is 19.7. The lowest BCUT2D eigenvalue weighted by Gasteiger charge is -2.36. The van der Waals surface area contributed by atoms with Gasteiger partial charge in [-0.05, 0) is 36.8 Å². The molecule has 1 amide bonds. The first-order valence-corrected chi connectivity index (χ1v) is 11.7. The number of nitrogens with one attached hydrogen (secondary N) is 1. The highest BCUT2D eigenvalue weighted by Crippen LogP contribution is 2.34. The minimum Gasteiger partial charge on any atom is -0.497 e. The molecule has 1 fully saturated rings. The molecular weight excluding hydrogens is 456 g/mol. The van der Waals surface area contributed by atoms with Crippen LogP contribution in [-0.2, 0) is 11.3 Å². The molecule has 178 valence electrons. The molecule has 5 rings (SSSR count). The standard InChI is InChI=1S/C24H26N4O5S/c1-31-17-5-2-4-16(12-17)26-8-10-27(11-9-26)22(29)6-3-7-28-23(30)18-13-20-21(33-15-32-20)14-19(18)25-24(28)34/h2,4-5,12-14H,3,6-11,15H2,1H3,(H,25,34). The van der Waals surface area contributed by atoms with Crippen molar-refractivity contribution in [3.05, 3.63) is 51.5 Å². The highest BCUT2D eigenvalue weighted by atomic mass is 32.1. The summed E-state index contributed by atoms with van der Waals surface area (Å²) in [6.45, 7) is 3.37. The van der Waals surface area contributed by atoms with Gasteiger partial charge in [0.15, 0.2) is 16.3 Å². The third-order valence-electron chi connectivity index (χ3n) is 6.30. The minimum absolute atomic E-state index is 0.0948. The van der Waals surface area contributed by atoms with Crippen LogP contribution in [0.25, 0.3) is 10.9 Å². The number of rotatable bonds is 6. The molecule has 1 saturated heterocycles. The van der Waals surface area contributed by atoms with Gasteiger partial charge in [-0.3, -0.25) is 14.2 Å². The van der Waals surface area contributed by atoms with Gasteiger partial charge in [0.25, 0.3) is 5.56 Å². The minimum atomic E-state index is -0.198. The van der Waals surface area contributed by atoms with E-state index in [1.165, 1.54) is 4.57 Å². The fraction of sp³-hybridized carbons (Fsp3) is 0.375. The van der Waals surface area contributed by atoms with Gasteiger partial charge in [-0.15, -0.1) is 0 Å². The van der Waals surface area contributed by atoms with E-state index in [4.69, 9.17) is 26.4 Å². The molecule has 10 heteroatoms. The number of fused-ring (bicyclic) bond motifs is 2. The molecule has 3 aromatic rings. The molecule has 9 nitrogen and oxygen atoms in total. The Kier molecular flexibility index (Phi) is 6.14. The van der Waals surface area contributed by atoms with Gasteiger partial charge >= 0.3 is 0 Å². The maximum atomic E-state index is 13.0. The number of aromatic nitrogens is 2. The molecule has 0 radical (unpaired) electrons. The highest BCUT2D eigenvalue weighted by molar-refractivity contribution is 7.71. The quantitative estimate of drug-likeness (QED) is 0.541. The smallest absolute Gasteiger partial charge is 0.262 e. The SMILES string of the molecule is COc1cccc(N2CCN(C(=O)CCCn3c(=S)[nH]c4cc5c(cc4c3=O)OCO5)CC2)c1. The summed E-state index contributed by atoms with van der Waals surface area (Å²) in [6.07, 6.45) is 0.891. The zero-order chi connectivity index (χ0) is 23.7. The van der Waals surface area contributed by atoms with Gasteiger partial charge in [0.05, 0.1) is 18.0 Å². The maximum Gasteiger partial charge on any atom is 0.262 e. The van der Waals surface area contributed by atoms with Crippen molar-refractivity contribution < 1.29 is 19.0 Å². The van der Waals surface area contributed by atoms with Crippen LogP contribution in [0.3, 0.4) is 0 Å². The Morgan fingerprint density at radius 1 is 1.12 bits per heavy atom. The van der Waals surface area contributed by atoms with Crippen molar-refractivity contribution in [2.24, 2.45) is 0 Å². The molecule has 2 aliphatic rings. The number of carbonyl (C=O) groups is 1. The average Bonchev–Trinajstić information content (AvgIpc) is 3.32. The Labute approximate surface area is 201 Å². The number of hydrogen-bond donors (Lipinski definition) is 1. The van der Waals surface area contributed by atoms with E-state index in [2.05, 4.69) is 16.0 Å². The van der Waals surface area contributed by atoms with Crippen molar-refractivity contribution in [1.29, 1.82) is 0 Å². The van der Waals surface area contributed by atoms with E-state index in [1.54, 1.807) is 19.2 Å². The van der Waals surface area contributed by atoms with Gasteiger partial charge in [-0.2, -0.15) is 0 Å². The van der Waals surface area contributed by atoms with E-state index in [0.717, 1.165) is 24.5 Å². The van der Waals surface area contributed by atoms with Crippen molar-refractivity contribution in [3.8, 4) is 17.2 Å². The van der Waals surface area contributed by atoms with Gasteiger partial charge in [-0.1, -0.05) is 6.07 Å². The molecule has 2 aliphatic heterocycles. The topological polar surface area (TPSA) is 89.0 Å². The average molecular weight is 483 g/mol. The summed E-state index contributed by atoms with van der Waals surface area (Å²) in [5.74, 6) is 2.05. The molecule has 0 unspecified atom stereocenters. The molecular formula is C24H26N4O5S. The molecule has 0 spiro atoms. The van der Waals surface area contributed by atoms with E-state index < -0.39 is 0 Å². The predicted octanol–water partition coefficient (Wildman–Crippen LogP) is 2.93. The van der Waals surface area contributed by atoms with E-state index in [0.29, 0.717) is 59.6 Å². The number of methoxy groups -OCH3 is 1. The first-order chi connectivity index (χ1) is 16.5. The summed E-state index contributed by atoms with van der Waals surface area (Å²) in [5.41, 5.74) is 1.51. The third kappa shape index (κ3) is 4.33. The largest absolute Gasteiger partial charge is 0.497 e. The third-order valence-corrected chi connectivity index (χ3v) is 6.62. The second-order valence-electron chi connectivity index (χ2n) is 8.31. The predicted molar refractivity (Wildman–Crippen MR) is 131 cm³/mol. The summed E-state index contributed by atoms with van der Waals surface area (Å²) < 4.78 is 17.9. The monoisotopic (exact) mass is 482 g/mol. The van der Waals surface area contributed by atoms with Crippen molar-refractivity contribution in [3.63, 3.8) is 0 Å². The molecule has 1 N–H and O–H groups in total. The van der Waals surface area contributed by atoms with Crippen LogP contribution in [0, 0.1) is 4.77 Å². The van der Waals surface area contributed by atoms with E-state index in [1.807, 2.05) is 23.1 Å². The summed E-state index contributed by atoms with van der Waals surface area (Å²) >= 11 is 5.40. The molecule has 0 saturated carbocycles. The Hall–Kier alpha value is -3.53. The van der Waals surface area contributed by atoms with Gasteiger partial charge < -0.3 is 29.0 Å². The summed E-state index contributed by atoms with van der Waals surface area (Å²) in [7, 11) is 1.66. The number of hydrogen-bond acceptors (Lipinski definition) is 7. The molecule has 34 heavy (non-hydrogen) atoms. The van der Waals surface area contributed by atoms with Crippen molar-refractivity contribution in [1.82, 2.24) is 14.5 Å². The van der Waals surface area contributed by atoms with Crippen LogP contribution in [0.4, 0.5) is 5.69 Å². The van der Waals surface area contributed by atoms with E-state index >= 15 is 0 Å². The number of carbonyl (C=O) groups excluding carboxylic acids is 1. The van der Waals surface area contributed by atoms with E-state index in [9.17, 15) is 9.59 Å². The fourth-order valence-electron chi connectivity index (χ4n) is 4.41. The Balaban J connectivity index is 1.18. The van der Waals surface area contributed by atoms with Crippen LogP contribution in [0.15, 0.2) is 41.2 Å². The lowest BCUT2D eigenvalue weighted by molar-refractivity contribution is -0.131. The number of benzene rings is 2. The second-order valence-corrected chi connectivity index (χ2v) is 8.70. The number of aromatic amines is 1. The number of nitrogens with zero attached hydrogens (tertiary/aromatic N) is 3. The number of anilines is 1. The van der Waals surface area contributed by atoms with Crippen LogP contribution >= 0.6 is 12.2 Å². The number of piperazine rings is 1. The van der Waals surface area contributed by atoms with Crippen LogP contribution in [0.2, 0.25) is 0 Å². The summed E-state index contributed by atoms with van der Waals surface area (Å²) in [6, 6.07) is 11.4. The van der Waals surface area contributed by atoms with Crippen LogP contribution in [0.5, 0.6) is 17.2 Å². The number of amides is 1. The Morgan fingerprint density at radius 3 is 2.65 bits per heavy atom. The van der Waals surface area contributed by atoms with Gasteiger partial charge in [0, 0.05) is 57.0 Å². The zero-order valence-electron chi connectivity index (χ0n) is 18.9. The highest BCUT2D eigenvalue weighted by Gasteiger charge is 2.22. The van der Waals surface area contributed by atoms with Crippen LogP contribution in [0.1, 0.15) is 12.8 Å². The van der Waals surface area contributed by atoms with Gasteiger partial charge in [0.1, 0.15) is 5.75 Å². The van der Waals surface area contributed by atoms with Crippen LogP contribution < -0.4 is 24.7 Å². The number of ether oxygens (including phenoxy) is 3. The Bertz CT molecular complexity index is 1340. The summed E-state index contributed by atoms with van der Waals surface area (Å²) in [4.78, 5) is 33.0. The van der Waals surface area contributed by atoms with E-state index in [-0.39, 0.29) is 18.3 Å². The molecule has 1 aromatic heterocycles. The van der Waals surface area contributed by atoms with Crippen LogP contribution in [-0.4, -0.2) is 60.4 Å². The van der Waals surface area contributed by atoms with Crippen molar-refractivity contribution in [2.75, 3.05) is 45.0 Å². The normalized spacial score (nSPS) is 15.1. The second kappa shape index (κ2) is 9.38. The molecule has 0 bridgehead atoms. The van der Waals surface area contributed by atoms with Crippen molar-refractivity contribution >= 4 is 34.7 Å². The molecule has 0 aliphatic carbocycles. The molecule has 0 atom stereocenters. The van der Waals surface area contributed by atoms with Gasteiger partial charge in [0.2, 0.25) is 12.7 Å². The first-order valence-electron chi connectivity index (χ1n) is 11.3. The molecule has 3 heterocycles. The maximum absolute atomic E-state index is 13.0. The summed E-state index contributed by atoms with van der Waals surface area (Å²) in [5, 5.41) is 0.484. The fourth-order valence-corrected chi connectivity index (χ4v) is 4.70. The Morgan fingerprint density at radius 2 is 1.88 bits per heavy atom. The lowest BCUT2D eigenvalue weighted by atomic mass is 10.2. The van der Waals surface area contributed by atoms with Gasteiger partial charge in [-0.25, -0.2) is 0 Å².